The summed E-state index contributed by atoms with van der Waals surface area (Å²) in [4.78, 5) is 3.08. The summed E-state index contributed by atoms with van der Waals surface area (Å²) in [5.41, 5.74) is 0. The van der Waals surface area contributed by atoms with Crippen molar-refractivity contribution < 1.29 is 16.8 Å². The van der Waals surface area contributed by atoms with Crippen LogP contribution < -0.4 is 0 Å². The van der Waals surface area contributed by atoms with Gasteiger partial charge in [0.1, 0.15) is 6.20 Å². The van der Waals surface area contributed by atoms with E-state index in [0.29, 0.717) is 0 Å². The number of pyridine rings is 1. The molecular formula is C7H8NO4S2. The van der Waals surface area contributed by atoms with E-state index in [0.717, 1.165) is 24.8 Å². The van der Waals surface area contributed by atoms with Gasteiger partial charge in [0.05, 0.1) is 9.79 Å². The third-order valence-corrected chi connectivity index (χ3v) is 3.56. The van der Waals surface area contributed by atoms with E-state index in [1.165, 1.54) is 0 Å². The molecule has 1 radical (unpaired) electrons. The van der Waals surface area contributed by atoms with Gasteiger partial charge in [-0.1, -0.05) is 0 Å². The van der Waals surface area contributed by atoms with Crippen LogP contribution in [-0.4, -0.2) is 34.3 Å². The molecule has 0 N–H and O–H groups in total. The molecule has 0 saturated carbocycles. The maximum absolute atomic E-state index is 11.1. The maximum Gasteiger partial charge on any atom is 0.177 e. The Kier molecular flexibility index (Phi) is 2.64. The van der Waals surface area contributed by atoms with Gasteiger partial charge < -0.3 is 0 Å². The lowest BCUT2D eigenvalue weighted by Gasteiger charge is -1.99. The summed E-state index contributed by atoms with van der Waals surface area (Å²) in [6.07, 6.45) is 5.23. The fraction of sp³-hybridized carbons (Fsp3) is 0.286. The van der Waals surface area contributed by atoms with Crippen molar-refractivity contribution in [2.75, 3.05) is 12.5 Å². The molecular weight excluding hydrogens is 226 g/mol. The molecule has 77 valence electrons. The van der Waals surface area contributed by atoms with E-state index in [-0.39, 0.29) is 9.79 Å². The Balaban J connectivity index is 3.44. The highest BCUT2D eigenvalue weighted by Crippen LogP contribution is 2.12. The van der Waals surface area contributed by atoms with Crippen LogP contribution in [0.25, 0.3) is 0 Å². The highest BCUT2D eigenvalue weighted by molar-refractivity contribution is 7.91. The van der Waals surface area contributed by atoms with Gasteiger partial charge in [0.25, 0.3) is 0 Å². The van der Waals surface area contributed by atoms with Crippen LogP contribution in [0.3, 0.4) is 0 Å². The monoisotopic (exact) mass is 234 g/mol. The molecule has 0 saturated heterocycles. The second kappa shape index (κ2) is 3.32. The number of nitrogens with zero attached hydrogens (tertiary/aromatic N) is 1. The first-order valence-corrected chi connectivity index (χ1v) is 7.27. The van der Waals surface area contributed by atoms with Crippen molar-refractivity contribution in [2.24, 2.45) is 0 Å². The summed E-state index contributed by atoms with van der Waals surface area (Å²) in [6.45, 7) is 0. The highest BCUT2D eigenvalue weighted by Gasteiger charge is 2.13. The molecule has 0 atom stereocenters. The van der Waals surface area contributed by atoms with Crippen molar-refractivity contribution in [1.82, 2.24) is 4.98 Å². The first-order chi connectivity index (χ1) is 6.21. The van der Waals surface area contributed by atoms with Crippen molar-refractivity contribution in [3.63, 3.8) is 0 Å². The minimum atomic E-state index is -3.47. The van der Waals surface area contributed by atoms with E-state index < -0.39 is 19.7 Å². The minimum absolute atomic E-state index is 0.128. The van der Waals surface area contributed by atoms with Gasteiger partial charge in [-0.2, -0.15) is 0 Å². The average molecular weight is 234 g/mol. The van der Waals surface area contributed by atoms with Crippen molar-refractivity contribution in [1.29, 1.82) is 0 Å². The predicted octanol–water partition coefficient (Wildman–Crippen LogP) is -0.311. The molecule has 5 nitrogen and oxygen atoms in total. The lowest BCUT2D eigenvalue weighted by atomic mass is 10.5. The second-order valence-electron chi connectivity index (χ2n) is 2.83. The zero-order valence-corrected chi connectivity index (χ0v) is 9.18. The Morgan fingerprint density at radius 1 is 1.14 bits per heavy atom. The fourth-order valence-electron chi connectivity index (χ4n) is 0.751. The van der Waals surface area contributed by atoms with Crippen LogP contribution in [0.5, 0.6) is 0 Å². The number of hydrogen-bond donors (Lipinski definition) is 0. The number of rotatable bonds is 2. The van der Waals surface area contributed by atoms with Gasteiger partial charge in [0.2, 0.25) is 0 Å². The maximum atomic E-state index is 11.1. The zero-order chi connectivity index (χ0) is 11.0. The minimum Gasteiger partial charge on any atom is -0.252 e. The molecule has 1 aromatic heterocycles. The fourth-order valence-corrected chi connectivity index (χ4v) is 1.96. The number of hydrogen-bond acceptors (Lipinski definition) is 5. The van der Waals surface area contributed by atoms with Gasteiger partial charge in [-0.05, 0) is 6.07 Å². The quantitative estimate of drug-likeness (QED) is 0.701. The first kappa shape index (κ1) is 11.1. The summed E-state index contributed by atoms with van der Waals surface area (Å²) in [7, 11) is -6.90. The standard InChI is InChI=1S/C7H8NO4S2/c1-13(9,10)6-3-7(5-8-4-6)14(2,11)12/h3-4H,1-2H3. The topological polar surface area (TPSA) is 81.2 Å². The van der Waals surface area contributed by atoms with Crippen LogP contribution in [-0.2, 0) is 19.7 Å². The van der Waals surface area contributed by atoms with Crippen LogP contribution in [0.15, 0.2) is 22.1 Å². The van der Waals surface area contributed by atoms with Crippen molar-refractivity contribution in [3.05, 3.63) is 18.5 Å². The molecule has 0 spiro atoms. The molecule has 0 amide bonds. The first-order valence-electron chi connectivity index (χ1n) is 3.49. The third-order valence-electron chi connectivity index (χ3n) is 1.47. The summed E-state index contributed by atoms with van der Waals surface area (Å²) >= 11 is 0. The van der Waals surface area contributed by atoms with E-state index >= 15 is 0 Å². The van der Waals surface area contributed by atoms with Crippen LogP contribution in [0.4, 0.5) is 0 Å². The molecule has 7 heteroatoms. The lowest BCUT2D eigenvalue weighted by molar-refractivity contribution is 0.599. The van der Waals surface area contributed by atoms with E-state index in [9.17, 15) is 16.8 Å². The van der Waals surface area contributed by atoms with Crippen molar-refractivity contribution in [2.45, 2.75) is 9.79 Å². The largest absolute Gasteiger partial charge is 0.252 e. The summed E-state index contributed by atoms with van der Waals surface area (Å²) in [5, 5.41) is 0. The van der Waals surface area contributed by atoms with Crippen molar-refractivity contribution in [3.8, 4) is 0 Å². The van der Waals surface area contributed by atoms with Gasteiger partial charge in [-0.15, -0.1) is 0 Å². The van der Waals surface area contributed by atoms with Crippen LogP contribution >= 0.6 is 0 Å². The molecule has 14 heavy (non-hydrogen) atoms. The van der Waals surface area contributed by atoms with Gasteiger partial charge in [-0.3, -0.25) is 4.98 Å². The Hall–Kier alpha value is -0.950. The molecule has 0 aliphatic rings. The van der Waals surface area contributed by atoms with Gasteiger partial charge >= 0.3 is 0 Å². The highest BCUT2D eigenvalue weighted by atomic mass is 32.2. The predicted molar refractivity (Wildman–Crippen MR) is 49.3 cm³/mol. The van der Waals surface area contributed by atoms with Crippen LogP contribution in [0.1, 0.15) is 0 Å². The molecule has 0 aliphatic carbocycles. The number of sulfone groups is 2. The summed E-state index contributed by atoms with van der Waals surface area (Å²) < 4.78 is 44.2. The van der Waals surface area contributed by atoms with E-state index in [2.05, 4.69) is 11.2 Å². The molecule has 1 rings (SSSR count). The Bertz CT molecular complexity index is 498. The molecule has 1 aromatic rings. The summed E-state index contributed by atoms with van der Waals surface area (Å²) in [5.74, 6) is 0. The Labute approximate surface area is 82.6 Å². The summed E-state index contributed by atoms with van der Waals surface area (Å²) in [6, 6.07) is 1.04. The van der Waals surface area contributed by atoms with E-state index in [1.807, 2.05) is 0 Å². The molecule has 0 bridgehead atoms. The lowest BCUT2D eigenvalue weighted by Crippen LogP contribution is -2.03. The molecule has 0 fully saturated rings. The molecule has 0 aliphatic heterocycles. The number of aromatic nitrogens is 1. The van der Waals surface area contributed by atoms with Gasteiger partial charge in [0, 0.05) is 18.7 Å². The van der Waals surface area contributed by atoms with Gasteiger partial charge in [0.15, 0.2) is 19.7 Å². The smallest absolute Gasteiger partial charge is 0.177 e. The van der Waals surface area contributed by atoms with Crippen molar-refractivity contribution >= 4 is 19.7 Å². The van der Waals surface area contributed by atoms with Gasteiger partial charge in [-0.25, -0.2) is 16.8 Å². The van der Waals surface area contributed by atoms with E-state index in [1.54, 1.807) is 0 Å². The normalized spacial score (nSPS) is 12.7. The van der Waals surface area contributed by atoms with Crippen LogP contribution in [0.2, 0.25) is 0 Å². The average Bonchev–Trinajstić information content (AvgIpc) is 2.01. The second-order valence-corrected chi connectivity index (χ2v) is 6.83. The third kappa shape index (κ3) is 2.52. The Morgan fingerprint density at radius 2 is 1.71 bits per heavy atom. The SMILES string of the molecule is CS(=O)(=O)c1[c]ncc(S(C)(=O)=O)c1. The van der Waals surface area contributed by atoms with Crippen LogP contribution in [0, 0.1) is 6.20 Å². The van der Waals surface area contributed by atoms with E-state index in [4.69, 9.17) is 0 Å². The Morgan fingerprint density at radius 3 is 2.14 bits per heavy atom. The molecule has 0 aromatic carbocycles. The molecule has 1 heterocycles. The molecule has 0 unspecified atom stereocenters. The zero-order valence-electron chi connectivity index (χ0n) is 7.55.